The molecule has 0 atom stereocenters. The van der Waals surface area contributed by atoms with Gasteiger partial charge in [-0.2, -0.15) is 0 Å². The summed E-state index contributed by atoms with van der Waals surface area (Å²) in [6.45, 7) is 0. The fourth-order valence-corrected chi connectivity index (χ4v) is 3.38. The van der Waals surface area contributed by atoms with Gasteiger partial charge < -0.3 is 10.0 Å². The number of hydrogen-bond donors (Lipinski definition) is 1. The molecule has 0 aromatic carbocycles. The van der Waals surface area contributed by atoms with E-state index < -0.39 is 5.97 Å². The van der Waals surface area contributed by atoms with Crippen LogP contribution in [0.5, 0.6) is 0 Å². The standard InChI is InChI=1S/C18H21N3O2/c1-21(14-5-3-2-4-6-14)15-9-12-20-17(18(22)23)16(15)13-7-10-19-11-8-13/h7-12,14H,2-6H2,1H3,(H,22,23). The minimum atomic E-state index is -1.00. The molecule has 5 heteroatoms. The largest absolute Gasteiger partial charge is 0.476 e. The quantitative estimate of drug-likeness (QED) is 0.934. The first-order valence-corrected chi connectivity index (χ1v) is 8.04. The second-order valence-electron chi connectivity index (χ2n) is 6.00. The van der Waals surface area contributed by atoms with E-state index in [1.807, 2.05) is 18.2 Å². The molecule has 1 fully saturated rings. The van der Waals surface area contributed by atoms with E-state index in [0.717, 1.165) is 24.1 Å². The summed E-state index contributed by atoms with van der Waals surface area (Å²) in [5, 5.41) is 9.55. The van der Waals surface area contributed by atoms with Crippen LogP contribution in [0.15, 0.2) is 36.8 Å². The second-order valence-corrected chi connectivity index (χ2v) is 6.00. The van der Waals surface area contributed by atoms with E-state index >= 15 is 0 Å². The molecule has 0 spiro atoms. The van der Waals surface area contributed by atoms with Crippen LogP contribution < -0.4 is 4.90 Å². The highest BCUT2D eigenvalue weighted by Gasteiger charge is 2.24. The van der Waals surface area contributed by atoms with Crippen LogP contribution in [0.1, 0.15) is 42.6 Å². The van der Waals surface area contributed by atoms with Crippen LogP contribution in [-0.2, 0) is 0 Å². The number of pyridine rings is 2. The molecule has 0 amide bonds. The molecular formula is C18H21N3O2. The molecule has 23 heavy (non-hydrogen) atoms. The first-order chi connectivity index (χ1) is 11.2. The normalized spacial score (nSPS) is 15.3. The molecule has 1 saturated carbocycles. The van der Waals surface area contributed by atoms with E-state index in [9.17, 15) is 9.90 Å². The van der Waals surface area contributed by atoms with Crippen molar-refractivity contribution < 1.29 is 9.90 Å². The summed E-state index contributed by atoms with van der Waals surface area (Å²) in [6, 6.07) is 6.04. The molecule has 1 aliphatic carbocycles. The van der Waals surface area contributed by atoms with Crippen molar-refractivity contribution in [2.24, 2.45) is 0 Å². The van der Waals surface area contributed by atoms with Crippen LogP contribution in [-0.4, -0.2) is 34.1 Å². The molecule has 2 aromatic rings. The Bertz CT molecular complexity index is 682. The van der Waals surface area contributed by atoms with Crippen LogP contribution in [0.25, 0.3) is 11.1 Å². The lowest BCUT2D eigenvalue weighted by molar-refractivity contribution is 0.0691. The van der Waals surface area contributed by atoms with E-state index in [2.05, 4.69) is 21.9 Å². The maximum Gasteiger partial charge on any atom is 0.355 e. The SMILES string of the molecule is CN(c1ccnc(C(=O)O)c1-c1ccncc1)C1CCCCC1. The van der Waals surface area contributed by atoms with Gasteiger partial charge in [-0.3, -0.25) is 4.98 Å². The highest BCUT2D eigenvalue weighted by Crippen LogP contribution is 2.35. The van der Waals surface area contributed by atoms with Crippen LogP contribution in [0.2, 0.25) is 0 Å². The van der Waals surface area contributed by atoms with Gasteiger partial charge in [0, 0.05) is 42.9 Å². The number of hydrogen-bond acceptors (Lipinski definition) is 4. The van der Waals surface area contributed by atoms with E-state index in [-0.39, 0.29) is 5.69 Å². The summed E-state index contributed by atoms with van der Waals surface area (Å²) in [6.07, 6.45) is 11.0. The molecular weight excluding hydrogens is 290 g/mol. The number of carbonyl (C=O) groups is 1. The van der Waals surface area contributed by atoms with Gasteiger partial charge in [-0.25, -0.2) is 9.78 Å². The number of carboxylic acids is 1. The van der Waals surface area contributed by atoms with Crippen molar-refractivity contribution >= 4 is 11.7 Å². The predicted octanol–water partition coefficient (Wildman–Crippen LogP) is 3.61. The number of aromatic carboxylic acids is 1. The van der Waals surface area contributed by atoms with E-state index in [0.29, 0.717) is 11.6 Å². The van der Waals surface area contributed by atoms with Gasteiger partial charge in [0.25, 0.3) is 0 Å². The van der Waals surface area contributed by atoms with Crippen molar-refractivity contribution in [3.63, 3.8) is 0 Å². The van der Waals surface area contributed by atoms with E-state index in [1.165, 1.54) is 19.3 Å². The Kier molecular flexibility index (Phi) is 4.55. The molecule has 0 unspecified atom stereocenters. The predicted molar refractivity (Wildman–Crippen MR) is 89.7 cm³/mol. The maximum atomic E-state index is 11.6. The Morgan fingerprint density at radius 3 is 2.48 bits per heavy atom. The molecule has 1 N–H and O–H groups in total. The van der Waals surface area contributed by atoms with Crippen molar-refractivity contribution in [2.75, 3.05) is 11.9 Å². The maximum absolute atomic E-state index is 11.6. The lowest BCUT2D eigenvalue weighted by atomic mass is 9.93. The number of carboxylic acid groups (broad SMARTS) is 1. The number of aromatic nitrogens is 2. The zero-order valence-electron chi connectivity index (χ0n) is 13.3. The summed E-state index contributed by atoms with van der Waals surface area (Å²) >= 11 is 0. The van der Waals surface area contributed by atoms with Crippen molar-refractivity contribution in [3.8, 4) is 11.1 Å². The van der Waals surface area contributed by atoms with Crippen molar-refractivity contribution in [2.45, 2.75) is 38.1 Å². The summed E-state index contributed by atoms with van der Waals surface area (Å²) < 4.78 is 0. The second kappa shape index (κ2) is 6.77. The molecule has 0 aliphatic heterocycles. The Morgan fingerprint density at radius 1 is 1.13 bits per heavy atom. The third-order valence-electron chi connectivity index (χ3n) is 4.60. The third-order valence-corrected chi connectivity index (χ3v) is 4.60. The Hall–Kier alpha value is -2.43. The number of nitrogens with zero attached hydrogens (tertiary/aromatic N) is 3. The lowest BCUT2D eigenvalue weighted by Crippen LogP contribution is -2.34. The summed E-state index contributed by atoms with van der Waals surface area (Å²) in [4.78, 5) is 22.0. The minimum absolute atomic E-state index is 0.0939. The fourth-order valence-electron chi connectivity index (χ4n) is 3.38. The first kappa shape index (κ1) is 15.5. The molecule has 1 aliphatic rings. The monoisotopic (exact) mass is 311 g/mol. The topological polar surface area (TPSA) is 66.3 Å². The summed E-state index contributed by atoms with van der Waals surface area (Å²) in [5.41, 5.74) is 2.53. The Morgan fingerprint density at radius 2 is 1.83 bits per heavy atom. The first-order valence-electron chi connectivity index (χ1n) is 8.04. The van der Waals surface area contributed by atoms with Gasteiger partial charge in [-0.15, -0.1) is 0 Å². The molecule has 0 radical (unpaired) electrons. The van der Waals surface area contributed by atoms with Gasteiger partial charge in [0.05, 0.1) is 0 Å². The van der Waals surface area contributed by atoms with E-state index in [4.69, 9.17) is 0 Å². The molecule has 2 heterocycles. The zero-order chi connectivity index (χ0) is 16.2. The molecule has 0 saturated heterocycles. The number of rotatable bonds is 4. The molecule has 5 nitrogen and oxygen atoms in total. The molecule has 2 aromatic heterocycles. The highest BCUT2D eigenvalue weighted by atomic mass is 16.4. The van der Waals surface area contributed by atoms with Crippen molar-refractivity contribution in [3.05, 3.63) is 42.5 Å². The average Bonchev–Trinajstić information content (AvgIpc) is 2.62. The summed E-state index contributed by atoms with van der Waals surface area (Å²) in [5.74, 6) is -1.00. The van der Waals surface area contributed by atoms with Gasteiger partial charge in [0.1, 0.15) is 0 Å². The van der Waals surface area contributed by atoms with Crippen molar-refractivity contribution in [1.82, 2.24) is 9.97 Å². The van der Waals surface area contributed by atoms with Crippen LogP contribution in [0, 0.1) is 0 Å². The van der Waals surface area contributed by atoms with Gasteiger partial charge in [-0.05, 0) is 36.6 Å². The Balaban J connectivity index is 2.09. The fraction of sp³-hybridized carbons (Fsp3) is 0.389. The molecule has 0 bridgehead atoms. The third kappa shape index (κ3) is 3.18. The smallest absolute Gasteiger partial charge is 0.355 e. The number of anilines is 1. The van der Waals surface area contributed by atoms with E-state index in [1.54, 1.807) is 18.6 Å². The highest BCUT2D eigenvalue weighted by molar-refractivity contribution is 5.98. The Labute approximate surface area is 136 Å². The lowest BCUT2D eigenvalue weighted by Gasteiger charge is -2.34. The summed E-state index contributed by atoms with van der Waals surface area (Å²) in [7, 11) is 2.06. The van der Waals surface area contributed by atoms with Crippen LogP contribution >= 0.6 is 0 Å². The van der Waals surface area contributed by atoms with Gasteiger partial charge in [0.2, 0.25) is 0 Å². The van der Waals surface area contributed by atoms with Crippen molar-refractivity contribution in [1.29, 1.82) is 0 Å². The molecule has 120 valence electrons. The molecule has 3 rings (SSSR count). The van der Waals surface area contributed by atoms with Crippen LogP contribution in [0.3, 0.4) is 0 Å². The van der Waals surface area contributed by atoms with Gasteiger partial charge in [-0.1, -0.05) is 19.3 Å². The zero-order valence-corrected chi connectivity index (χ0v) is 13.3. The average molecular weight is 311 g/mol. The van der Waals surface area contributed by atoms with Gasteiger partial charge in [0.15, 0.2) is 5.69 Å². The minimum Gasteiger partial charge on any atom is -0.476 e. The van der Waals surface area contributed by atoms with Crippen LogP contribution in [0.4, 0.5) is 5.69 Å². The van der Waals surface area contributed by atoms with Gasteiger partial charge >= 0.3 is 5.97 Å².